The largest absolute Gasteiger partial charge is 0.347 e. The molecule has 286 valence electrons. The molecule has 4 amide bonds. The maximum atomic E-state index is 14.8. The maximum absolute atomic E-state index is 14.8. The number of unbranched alkanes of at least 4 members (excludes halogenated alkanes) is 1. The molecular weight excluding hydrogens is 669 g/mol. The number of carbonyl (C=O) groups excluding carboxylic acids is 5. The predicted molar refractivity (Wildman–Crippen MR) is 194 cm³/mol. The van der Waals surface area contributed by atoms with E-state index in [0.717, 1.165) is 57.8 Å². The molecule has 0 aromatic heterocycles. The minimum absolute atomic E-state index is 0.0198. The Morgan fingerprint density at radius 3 is 2.08 bits per heavy atom. The van der Waals surface area contributed by atoms with Crippen molar-refractivity contribution in [3.05, 3.63) is 0 Å². The third-order valence-corrected chi connectivity index (χ3v) is 17.0. The van der Waals surface area contributed by atoms with E-state index in [9.17, 15) is 32.4 Å². The van der Waals surface area contributed by atoms with Crippen molar-refractivity contribution >= 4 is 39.2 Å². The zero-order valence-corrected chi connectivity index (χ0v) is 32.6. The molecule has 51 heavy (non-hydrogen) atoms. The molecule has 0 saturated heterocycles. The van der Waals surface area contributed by atoms with Crippen molar-refractivity contribution in [1.82, 2.24) is 21.3 Å². The first-order chi connectivity index (χ1) is 23.9. The van der Waals surface area contributed by atoms with Gasteiger partial charge in [-0.05, 0) is 89.4 Å². The Morgan fingerprint density at radius 2 is 1.51 bits per heavy atom. The van der Waals surface area contributed by atoms with Gasteiger partial charge in [-0.1, -0.05) is 72.1 Å². The van der Waals surface area contributed by atoms with E-state index in [1.807, 2.05) is 6.92 Å². The van der Waals surface area contributed by atoms with Crippen LogP contribution in [0.2, 0.25) is 0 Å². The van der Waals surface area contributed by atoms with E-state index in [1.165, 1.54) is 0 Å². The molecule has 0 aliphatic heterocycles. The Balaban J connectivity index is 1.26. The van der Waals surface area contributed by atoms with Gasteiger partial charge in [0.15, 0.2) is 15.6 Å². The molecule has 6 aliphatic rings. The Hall–Kier alpha value is -2.50. The van der Waals surface area contributed by atoms with Crippen molar-refractivity contribution in [2.75, 3.05) is 5.75 Å². The van der Waals surface area contributed by atoms with Gasteiger partial charge in [-0.15, -0.1) is 0 Å². The number of hydrogen-bond acceptors (Lipinski definition) is 7. The predicted octanol–water partition coefficient (Wildman–Crippen LogP) is 4.90. The lowest BCUT2D eigenvalue weighted by Gasteiger charge is -2.66. The van der Waals surface area contributed by atoms with Gasteiger partial charge in [0.1, 0.15) is 0 Å². The molecule has 6 fully saturated rings. The van der Waals surface area contributed by atoms with Crippen LogP contribution in [0.25, 0.3) is 0 Å². The van der Waals surface area contributed by atoms with Gasteiger partial charge in [-0.3, -0.25) is 19.2 Å². The molecule has 0 aromatic rings. The molecule has 0 bridgehead atoms. The first-order valence-corrected chi connectivity index (χ1v) is 21.5. The van der Waals surface area contributed by atoms with Crippen LogP contribution in [0.15, 0.2) is 0 Å². The zero-order chi connectivity index (χ0) is 37.2. The molecule has 6 rings (SSSR count). The van der Waals surface area contributed by atoms with Gasteiger partial charge in [-0.25, -0.2) is 13.2 Å². The van der Waals surface area contributed by atoms with Crippen LogP contribution in [-0.2, 0) is 29.0 Å². The third kappa shape index (κ3) is 6.55. The number of rotatable bonds is 12. The molecule has 0 radical (unpaired) electrons. The highest BCUT2D eigenvalue weighted by Crippen LogP contribution is 2.82. The molecule has 6 unspecified atom stereocenters. The van der Waals surface area contributed by atoms with E-state index >= 15 is 0 Å². The summed E-state index contributed by atoms with van der Waals surface area (Å²) in [7, 11) is -3.54. The van der Waals surface area contributed by atoms with E-state index in [1.54, 1.807) is 20.8 Å². The summed E-state index contributed by atoms with van der Waals surface area (Å²) in [6, 6.07) is -2.24. The number of Topliss-reactive ketones (excluding diaryl/α,β-unsaturated/α-hetero) is 2. The molecule has 11 nitrogen and oxygen atoms in total. The van der Waals surface area contributed by atoms with Gasteiger partial charge in [0.05, 0.1) is 39.5 Å². The molecule has 6 aliphatic carbocycles. The number of carbonyl (C=O) groups is 5. The van der Waals surface area contributed by atoms with E-state index in [2.05, 4.69) is 35.1 Å². The van der Waals surface area contributed by atoms with Crippen LogP contribution in [-0.4, -0.2) is 72.0 Å². The van der Waals surface area contributed by atoms with Crippen molar-refractivity contribution in [1.29, 1.82) is 0 Å². The van der Waals surface area contributed by atoms with E-state index < -0.39 is 66.7 Å². The fraction of sp³-hybridized carbons (Fsp3) is 0.872. The molecule has 12 heteroatoms. The summed E-state index contributed by atoms with van der Waals surface area (Å²) >= 11 is 0. The third-order valence-electron chi connectivity index (χ3n) is 14.2. The number of amides is 4. The number of urea groups is 1. The van der Waals surface area contributed by atoms with Crippen LogP contribution in [0.3, 0.4) is 0 Å². The fourth-order valence-corrected chi connectivity index (χ4v) is 12.5. The highest BCUT2D eigenvalue weighted by Gasteiger charge is 2.85. The average Bonchev–Trinajstić information content (AvgIpc) is 3.92. The van der Waals surface area contributed by atoms with Gasteiger partial charge >= 0.3 is 6.03 Å². The molecule has 4 N–H and O–H groups in total. The number of hydrogen-bond donors (Lipinski definition) is 4. The summed E-state index contributed by atoms with van der Waals surface area (Å²) in [5.74, 6) is -2.41. The number of sulfone groups is 1. The topological polar surface area (TPSA) is 168 Å². The molecule has 6 saturated carbocycles. The van der Waals surface area contributed by atoms with Crippen molar-refractivity contribution in [3.63, 3.8) is 0 Å². The van der Waals surface area contributed by atoms with Crippen LogP contribution < -0.4 is 21.3 Å². The van der Waals surface area contributed by atoms with Gasteiger partial charge < -0.3 is 21.3 Å². The summed E-state index contributed by atoms with van der Waals surface area (Å²) in [6.45, 7) is 11.3. The van der Waals surface area contributed by atoms with Gasteiger partial charge in [0, 0.05) is 11.5 Å². The zero-order valence-electron chi connectivity index (χ0n) is 31.8. The number of ketones is 2. The minimum atomic E-state index is -3.54. The summed E-state index contributed by atoms with van der Waals surface area (Å²) in [6.07, 6.45) is 12.0. The second-order valence-corrected chi connectivity index (χ2v) is 21.5. The van der Waals surface area contributed by atoms with Crippen molar-refractivity contribution in [3.8, 4) is 0 Å². The Kier molecular flexibility index (Phi) is 10.1. The van der Waals surface area contributed by atoms with Crippen molar-refractivity contribution in [2.24, 2.45) is 34.0 Å². The summed E-state index contributed by atoms with van der Waals surface area (Å²) in [5, 5.41) is 12.0. The summed E-state index contributed by atoms with van der Waals surface area (Å²) in [4.78, 5) is 69.7. The van der Waals surface area contributed by atoms with Crippen molar-refractivity contribution in [2.45, 2.75) is 173 Å². The van der Waals surface area contributed by atoms with Gasteiger partial charge in [0.2, 0.25) is 11.7 Å². The summed E-state index contributed by atoms with van der Waals surface area (Å²) < 4.78 is 25.8. The van der Waals surface area contributed by atoms with Gasteiger partial charge in [0.25, 0.3) is 5.91 Å². The molecule has 2 spiro atoms. The second kappa shape index (κ2) is 13.4. The molecular formula is C39H62N4O7S. The quantitative estimate of drug-likeness (QED) is 0.207. The lowest BCUT2D eigenvalue weighted by molar-refractivity contribution is -0.191. The van der Waals surface area contributed by atoms with Gasteiger partial charge in [-0.2, -0.15) is 0 Å². The van der Waals surface area contributed by atoms with E-state index in [4.69, 9.17) is 0 Å². The molecule has 6 atom stereocenters. The highest BCUT2D eigenvalue weighted by molar-refractivity contribution is 7.92. The first-order valence-electron chi connectivity index (χ1n) is 19.9. The van der Waals surface area contributed by atoms with E-state index in [-0.39, 0.29) is 40.7 Å². The average molecular weight is 731 g/mol. The van der Waals surface area contributed by atoms with E-state index in [0.29, 0.717) is 44.9 Å². The number of nitrogens with one attached hydrogen (secondary N) is 4. The highest BCUT2D eigenvalue weighted by atomic mass is 32.2. The van der Waals surface area contributed by atoms with Crippen LogP contribution >= 0.6 is 0 Å². The molecule has 0 aromatic carbocycles. The lowest BCUT2D eigenvalue weighted by atomic mass is 9.37. The lowest BCUT2D eigenvalue weighted by Crippen LogP contribution is -2.79. The fourth-order valence-electron chi connectivity index (χ4n) is 10.9. The monoisotopic (exact) mass is 730 g/mol. The number of fused-ring (bicyclic) bond motifs is 2. The second-order valence-electron chi connectivity index (χ2n) is 18.7. The Morgan fingerprint density at radius 1 is 0.902 bits per heavy atom. The SMILES string of the molecule is CCCCC(NC(=O)C1C2C(CC13C(=O)C(NC(=O)NC1(CS(=O)(=O)C(C)(C)C)CCCCC1)C31CCCCC1)C2(C)C)C(=O)C(=O)NC1CC1. The summed E-state index contributed by atoms with van der Waals surface area (Å²) in [5.41, 5.74) is -2.63. The Bertz CT molecular complexity index is 1530. The van der Waals surface area contributed by atoms with Crippen molar-refractivity contribution < 1.29 is 32.4 Å². The standard InChI is InChI=1S/C39H62N4O7S/c1-7-8-15-26(29(44)33(47)40-24-16-17-24)41-32(46)28-27-25(36(27,5)6)22-39(28)31(45)30(38(39)20-13-10-14-21-38)42-34(48)43-37(18-11-9-12-19-37)23-51(49,50)35(2,3)4/h24-28,30H,7-23H2,1-6H3,(H,40,47)(H,41,46)(H2,42,43,48). The normalized spacial score (nSPS) is 32.3. The van der Waals surface area contributed by atoms with Crippen LogP contribution in [0.4, 0.5) is 4.79 Å². The maximum Gasteiger partial charge on any atom is 0.315 e. The minimum Gasteiger partial charge on any atom is -0.347 e. The van der Waals surface area contributed by atoms with Crippen LogP contribution in [0, 0.1) is 34.0 Å². The van der Waals surface area contributed by atoms with Crippen LogP contribution in [0.5, 0.6) is 0 Å². The smallest absolute Gasteiger partial charge is 0.315 e. The Labute approximate surface area is 304 Å². The molecule has 0 heterocycles. The first kappa shape index (κ1) is 38.2. The van der Waals surface area contributed by atoms with Crippen LogP contribution in [0.1, 0.15) is 144 Å².